The first-order valence-electron chi connectivity index (χ1n) is 10.0. The van der Waals surface area contributed by atoms with Crippen molar-refractivity contribution in [3.63, 3.8) is 0 Å². The van der Waals surface area contributed by atoms with E-state index in [-0.39, 0.29) is 5.57 Å². The van der Waals surface area contributed by atoms with Crippen molar-refractivity contribution in [2.45, 2.75) is 12.1 Å². The lowest BCUT2D eigenvalue weighted by molar-refractivity contribution is -0.140. The van der Waals surface area contributed by atoms with Crippen LogP contribution in [0.25, 0.3) is 0 Å². The zero-order valence-electron chi connectivity index (χ0n) is 18.8. The van der Waals surface area contributed by atoms with Crippen molar-refractivity contribution >= 4 is 17.6 Å². The number of alkyl halides is 3. The minimum Gasteiger partial charge on any atom is -0.496 e. The van der Waals surface area contributed by atoms with Crippen molar-refractivity contribution in [1.82, 2.24) is 0 Å². The maximum absolute atomic E-state index is 14.2. The van der Waals surface area contributed by atoms with E-state index in [4.69, 9.17) is 19.9 Å². The van der Waals surface area contributed by atoms with E-state index >= 15 is 0 Å². The molecule has 2 N–H and O–H groups in total. The summed E-state index contributed by atoms with van der Waals surface area (Å²) in [4.78, 5) is 26.7. The molecule has 0 fully saturated rings. The number of ether oxygens (including phenoxy) is 3. The normalized spacial score (nSPS) is 16.0. The molecule has 0 saturated carbocycles. The first-order chi connectivity index (χ1) is 16.6. The SMILES string of the molecule is COC(=O)C1=C(C(=O)OC)N(c2cccc(OC)c2C(F)(F)F)C(N)=C(C#N)C1c1ccccc1. The predicted molar refractivity (Wildman–Crippen MR) is 118 cm³/mol. The second-order valence-corrected chi connectivity index (χ2v) is 7.19. The van der Waals surface area contributed by atoms with E-state index in [1.54, 1.807) is 30.3 Å². The molecule has 35 heavy (non-hydrogen) atoms. The molecule has 0 aliphatic carbocycles. The molecular formula is C24H20F3N3O5. The van der Waals surface area contributed by atoms with Crippen LogP contribution in [0.1, 0.15) is 17.0 Å². The number of hydrogen-bond acceptors (Lipinski definition) is 8. The van der Waals surface area contributed by atoms with E-state index in [1.807, 2.05) is 6.07 Å². The zero-order valence-corrected chi connectivity index (χ0v) is 18.8. The number of anilines is 1. The summed E-state index contributed by atoms with van der Waals surface area (Å²) in [7, 11) is 3.08. The zero-order chi connectivity index (χ0) is 25.9. The molecule has 1 aliphatic heterocycles. The van der Waals surface area contributed by atoms with Gasteiger partial charge < -0.3 is 19.9 Å². The predicted octanol–water partition coefficient (Wildman–Crippen LogP) is 3.61. The molecule has 0 amide bonds. The van der Waals surface area contributed by atoms with Crippen LogP contribution < -0.4 is 15.4 Å². The summed E-state index contributed by atoms with van der Waals surface area (Å²) < 4.78 is 57.1. The van der Waals surface area contributed by atoms with Crippen molar-refractivity contribution in [2.24, 2.45) is 5.73 Å². The first-order valence-corrected chi connectivity index (χ1v) is 10.0. The van der Waals surface area contributed by atoms with Crippen molar-refractivity contribution in [3.8, 4) is 11.8 Å². The van der Waals surface area contributed by atoms with Crippen LogP contribution in [0.3, 0.4) is 0 Å². The van der Waals surface area contributed by atoms with Gasteiger partial charge in [-0.1, -0.05) is 36.4 Å². The summed E-state index contributed by atoms with van der Waals surface area (Å²) in [5.41, 5.74) is 3.44. The lowest BCUT2D eigenvalue weighted by Gasteiger charge is -2.37. The van der Waals surface area contributed by atoms with Gasteiger partial charge >= 0.3 is 18.1 Å². The highest BCUT2D eigenvalue weighted by Gasteiger charge is 2.46. The summed E-state index contributed by atoms with van der Waals surface area (Å²) in [6.07, 6.45) is -4.96. The molecule has 0 radical (unpaired) electrons. The molecule has 0 bridgehead atoms. The van der Waals surface area contributed by atoms with E-state index < -0.39 is 58.1 Å². The van der Waals surface area contributed by atoms with Crippen molar-refractivity contribution in [1.29, 1.82) is 5.26 Å². The van der Waals surface area contributed by atoms with Gasteiger partial charge in [0.05, 0.1) is 50.2 Å². The summed E-state index contributed by atoms with van der Waals surface area (Å²) in [5, 5.41) is 9.99. The molecule has 0 spiro atoms. The number of rotatable bonds is 5. The van der Waals surface area contributed by atoms with Gasteiger partial charge in [-0.15, -0.1) is 0 Å². The van der Waals surface area contributed by atoms with Crippen LogP contribution >= 0.6 is 0 Å². The summed E-state index contributed by atoms with van der Waals surface area (Å²) in [5.74, 6) is -4.48. The second kappa shape index (κ2) is 9.80. The molecule has 8 nitrogen and oxygen atoms in total. The molecule has 1 atom stereocenters. The number of carbonyl (C=O) groups is 2. The largest absolute Gasteiger partial charge is 0.496 e. The molecule has 182 valence electrons. The van der Waals surface area contributed by atoms with Gasteiger partial charge in [0.25, 0.3) is 0 Å². The molecular weight excluding hydrogens is 467 g/mol. The average Bonchev–Trinajstić information content (AvgIpc) is 2.86. The monoisotopic (exact) mass is 487 g/mol. The van der Waals surface area contributed by atoms with E-state index in [0.29, 0.717) is 10.5 Å². The van der Waals surface area contributed by atoms with Crippen LogP contribution in [-0.2, 0) is 25.2 Å². The second-order valence-electron chi connectivity index (χ2n) is 7.19. The van der Waals surface area contributed by atoms with Crippen LogP contribution in [0.15, 0.2) is 71.2 Å². The number of benzene rings is 2. The molecule has 2 aromatic carbocycles. The number of allylic oxidation sites excluding steroid dienone is 1. The maximum Gasteiger partial charge on any atom is 0.421 e. The molecule has 1 unspecified atom stereocenters. The van der Waals surface area contributed by atoms with Crippen LogP contribution in [-0.4, -0.2) is 33.3 Å². The Hall–Kier alpha value is -4.46. The Balaban J connectivity index is 2.51. The summed E-state index contributed by atoms with van der Waals surface area (Å²) in [6.45, 7) is 0. The highest BCUT2D eigenvalue weighted by Crippen LogP contribution is 2.48. The fourth-order valence-electron chi connectivity index (χ4n) is 3.92. The molecule has 11 heteroatoms. The topological polar surface area (TPSA) is 115 Å². The number of halogens is 3. The Labute approximate surface area is 198 Å². The molecule has 1 heterocycles. The standard InChI is InChI=1S/C24H20F3N3O5/c1-33-16-11-7-10-15(19(16)24(25,26)27)30-20(23(32)35-3)18(22(31)34-2)17(14(12-28)21(30)29)13-8-5-4-6-9-13/h4-11,17H,29H2,1-3H3. The molecule has 3 rings (SSSR count). The van der Waals surface area contributed by atoms with Crippen LogP contribution in [0.5, 0.6) is 5.75 Å². The van der Waals surface area contributed by atoms with E-state index in [9.17, 15) is 28.0 Å². The van der Waals surface area contributed by atoms with Gasteiger partial charge in [-0.25, -0.2) is 9.59 Å². The van der Waals surface area contributed by atoms with Gasteiger partial charge in [0.15, 0.2) is 0 Å². The Kier molecular flexibility index (Phi) is 7.05. The number of esters is 2. The highest BCUT2D eigenvalue weighted by molar-refractivity contribution is 6.06. The fourth-order valence-corrected chi connectivity index (χ4v) is 3.92. The molecule has 0 saturated heterocycles. The number of nitrogens with two attached hydrogens (primary N) is 1. The van der Waals surface area contributed by atoms with Gasteiger partial charge in [0, 0.05) is 0 Å². The van der Waals surface area contributed by atoms with Crippen LogP contribution in [0.4, 0.5) is 18.9 Å². The summed E-state index contributed by atoms with van der Waals surface area (Å²) >= 11 is 0. The van der Waals surface area contributed by atoms with Gasteiger partial charge in [-0.2, -0.15) is 18.4 Å². The maximum atomic E-state index is 14.2. The Morgan fingerprint density at radius 3 is 2.14 bits per heavy atom. The number of methoxy groups -OCH3 is 3. The average molecular weight is 487 g/mol. The molecule has 2 aromatic rings. The number of hydrogen-bond donors (Lipinski definition) is 1. The quantitative estimate of drug-likeness (QED) is 0.636. The van der Waals surface area contributed by atoms with E-state index in [0.717, 1.165) is 33.5 Å². The van der Waals surface area contributed by atoms with Gasteiger partial charge in [-0.05, 0) is 17.7 Å². The van der Waals surface area contributed by atoms with Gasteiger partial charge in [0.2, 0.25) is 0 Å². The Morgan fingerprint density at radius 2 is 1.63 bits per heavy atom. The lowest BCUT2D eigenvalue weighted by atomic mass is 9.80. The number of nitrogens with zero attached hydrogens (tertiary/aromatic N) is 2. The number of carbonyl (C=O) groups excluding carboxylic acids is 2. The van der Waals surface area contributed by atoms with Crippen molar-refractivity contribution in [2.75, 3.05) is 26.2 Å². The summed E-state index contributed by atoms with van der Waals surface area (Å²) in [6, 6.07) is 13.3. The van der Waals surface area contributed by atoms with E-state index in [2.05, 4.69) is 0 Å². The minimum atomic E-state index is -4.96. The fraction of sp³-hybridized carbons (Fsp3) is 0.208. The third-order valence-electron chi connectivity index (χ3n) is 5.36. The van der Waals surface area contributed by atoms with Crippen LogP contribution in [0.2, 0.25) is 0 Å². The Morgan fingerprint density at radius 1 is 1.00 bits per heavy atom. The van der Waals surface area contributed by atoms with Gasteiger partial charge in [-0.3, -0.25) is 4.90 Å². The highest BCUT2D eigenvalue weighted by atomic mass is 19.4. The third-order valence-corrected chi connectivity index (χ3v) is 5.36. The first kappa shape index (κ1) is 25.2. The van der Waals surface area contributed by atoms with Gasteiger partial charge in [0.1, 0.15) is 22.8 Å². The molecule has 1 aliphatic rings. The van der Waals surface area contributed by atoms with Crippen LogP contribution in [0, 0.1) is 11.3 Å². The number of nitriles is 1. The smallest absolute Gasteiger partial charge is 0.421 e. The van der Waals surface area contributed by atoms with Crippen molar-refractivity contribution < 1.29 is 37.0 Å². The molecule has 0 aromatic heterocycles. The van der Waals surface area contributed by atoms with E-state index in [1.165, 1.54) is 6.07 Å². The Bertz CT molecular complexity index is 1260. The minimum absolute atomic E-state index is 0.264. The lowest BCUT2D eigenvalue weighted by Crippen LogP contribution is -2.41. The van der Waals surface area contributed by atoms with Crippen molar-refractivity contribution in [3.05, 3.63) is 82.3 Å². The third kappa shape index (κ3) is 4.38.